The quantitative estimate of drug-likeness (QED) is 0.816. The van der Waals surface area contributed by atoms with Gasteiger partial charge in [0.05, 0.1) is 6.04 Å². The summed E-state index contributed by atoms with van der Waals surface area (Å²) >= 11 is 8.54. The second kappa shape index (κ2) is 6.76. The molecule has 104 valence electrons. The molecule has 1 aromatic heterocycles. The summed E-state index contributed by atoms with van der Waals surface area (Å²) in [4.78, 5) is 4.17. The van der Waals surface area contributed by atoms with Crippen LogP contribution in [-0.2, 0) is 0 Å². The smallest absolute Gasteiger partial charge is 0.172 e. The number of rotatable bonds is 3. The SMILES string of the molecule is C[C@@H](NC(=S)Nc1ccc(Br)cn1)c1ccc(F)cc1. The molecule has 0 amide bonds. The average molecular weight is 354 g/mol. The summed E-state index contributed by atoms with van der Waals surface area (Å²) in [6.45, 7) is 1.95. The van der Waals surface area contributed by atoms with Gasteiger partial charge in [0, 0.05) is 10.7 Å². The predicted octanol–water partition coefficient (Wildman–Crippen LogP) is 4.03. The van der Waals surface area contributed by atoms with E-state index in [1.165, 1.54) is 12.1 Å². The molecule has 6 heteroatoms. The van der Waals surface area contributed by atoms with Crippen LogP contribution < -0.4 is 10.6 Å². The van der Waals surface area contributed by atoms with Crippen molar-refractivity contribution in [2.75, 3.05) is 5.32 Å². The van der Waals surface area contributed by atoms with Gasteiger partial charge >= 0.3 is 0 Å². The Labute approximate surface area is 130 Å². The Morgan fingerprint density at radius 3 is 2.55 bits per heavy atom. The van der Waals surface area contributed by atoms with Crippen LogP contribution in [0.1, 0.15) is 18.5 Å². The summed E-state index contributed by atoms with van der Waals surface area (Å²) in [5, 5.41) is 6.59. The van der Waals surface area contributed by atoms with Crippen molar-refractivity contribution in [3.05, 3.63) is 58.4 Å². The van der Waals surface area contributed by atoms with Gasteiger partial charge in [-0.15, -0.1) is 0 Å². The minimum atomic E-state index is -0.249. The van der Waals surface area contributed by atoms with Crippen molar-refractivity contribution in [1.82, 2.24) is 10.3 Å². The Bertz CT molecular complexity index is 586. The summed E-state index contributed by atoms with van der Waals surface area (Å²) in [5.74, 6) is 0.415. The van der Waals surface area contributed by atoms with Gasteiger partial charge in [0.25, 0.3) is 0 Å². The normalized spacial score (nSPS) is 11.8. The summed E-state index contributed by atoms with van der Waals surface area (Å²) in [6.07, 6.45) is 1.69. The number of benzene rings is 1. The molecule has 1 atom stereocenters. The van der Waals surface area contributed by atoms with Gasteiger partial charge in [-0.2, -0.15) is 0 Å². The van der Waals surface area contributed by atoms with Crippen molar-refractivity contribution in [3.8, 4) is 0 Å². The maximum atomic E-state index is 12.9. The summed E-state index contributed by atoms with van der Waals surface area (Å²) in [5.41, 5.74) is 0.958. The fourth-order valence-electron chi connectivity index (χ4n) is 1.63. The third-order valence-electron chi connectivity index (χ3n) is 2.69. The zero-order valence-corrected chi connectivity index (χ0v) is 13.1. The highest BCUT2D eigenvalue weighted by Crippen LogP contribution is 2.14. The maximum absolute atomic E-state index is 12.9. The Morgan fingerprint density at radius 1 is 1.25 bits per heavy atom. The molecule has 0 bridgehead atoms. The highest BCUT2D eigenvalue weighted by atomic mass is 79.9. The molecule has 3 nitrogen and oxygen atoms in total. The van der Waals surface area contributed by atoms with Crippen molar-refractivity contribution >= 4 is 39.1 Å². The molecule has 1 aromatic carbocycles. The standard InChI is InChI=1S/C14H13BrFN3S/c1-9(10-2-5-12(16)6-3-10)18-14(20)19-13-7-4-11(15)8-17-13/h2-9H,1H3,(H2,17,18,19,20)/t9-/m1/s1. The van der Waals surface area contributed by atoms with Crippen molar-refractivity contribution in [3.63, 3.8) is 0 Å². The number of anilines is 1. The van der Waals surface area contributed by atoms with Crippen LogP contribution in [0.25, 0.3) is 0 Å². The number of nitrogens with zero attached hydrogens (tertiary/aromatic N) is 1. The number of nitrogens with one attached hydrogen (secondary N) is 2. The van der Waals surface area contributed by atoms with Crippen LogP contribution >= 0.6 is 28.1 Å². The van der Waals surface area contributed by atoms with E-state index in [2.05, 4.69) is 31.5 Å². The van der Waals surface area contributed by atoms with Gasteiger partial charge in [-0.3, -0.25) is 0 Å². The molecule has 0 spiro atoms. The Balaban J connectivity index is 1.93. The van der Waals surface area contributed by atoms with E-state index >= 15 is 0 Å². The van der Waals surface area contributed by atoms with E-state index in [1.54, 1.807) is 18.3 Å². The number of aromatic nitrogens is 1. The number of halogens is 2. The summed E-state index contributed by atoms with van der Waals surface area (Å²) < 4.78 is 13.8. The van der Waals surface area contributed by atoms with Crippen molar-refractivity contribution in [2.45, 2.75) is 13.0 Å². The molecular weight excluding hydrogens is 341 g/mol. The van der Waals surface area contributed by atoms with Crippen LogP contribution in [0.5, 0.6) is 0 Å². The monoisotopic (exact) mass is 353 g/mol. The topological polar surface area (TPSA) is 37.0 Å². The summed E-state index contributed by atoms with van der Waals surface area (Å²) in [6, 6.07) is 10.00. The van der Waals surface area contributed by atoms with Crippen LogP contribution in [0.15, 0.2) is 47.1 Å². The van der Waals surface area contributed by atoms with Gasteiger partial charge in [0.15, 0.2) is 5.11 Å². The molecule has 0 unspecified atom stereocenters. The maximum Gasteiger partial charge on any atom is 0.172 e. The van der Waals surface area contributed by atoms with Crippen molar-refractivity contribution in [1.29, 1.82) is 0 Å². The lowest BCUT2D eigenvalue weighted by Crippen LogP contribution is -2.31. The minimum absolute atomic E-state index is 0.0222. The fourth-order valence-corrected chi connectivity index (χ4v) is 2.15. The third-order valence-corrected chi connectivity index (χ3v) is 3.38. The Morgan fingerprint density at radius 2 is 1.95 bits per heavy atom. The first-order chi connectivity index (χ1) is 9.54. The van der Waals surface area contributed by atoms with Crippen LogP contribution in [0, 0.1) is 5.82 Å². The van der Waals surface area contributed by atoms with Gasteiger partial charge in [-0.1, -0.05) is 12.1 Å². The van der Waals surface area contributed by atoms with E-state index in [-0.39, 0.29) is 11.9 Å². The fraction of sp³-hybridized carbons (Fsp3) is 0.143. The van der Waals surface area contributed by atoms with Crippen LogP contribution in [0.3, 0.4) is 0 Å². The van der Waals surface area contributed by atoms with E-state index in [0.29, 0.717) is 10.9 Å². The number of pyridine rings is 1. The van der Waals surface area contributed by atoms with E-state index in [0.717, 1.165) is 10.0 Å². The molecule has 2 N–H and O–H groups in total. The lowest BCUT2D eigenvalue weighted by molar-refractivity contribution is 0.624. The highest BCUT2D eigenvalue weighted by molar-refractivity contribution is 9.10. The molecule has 0 saturated heterocycles. The molecular formula is C14H13BrFN3S. The van der Waals surface area contributed by atoms with Gasteiger partial charge in [-0.05, 0) is 64.9 Å². The van der Waals surface area contributed by atoms with Crippen LogP contribution in [-0.4, -0.2) is 10.1 Å². The minimum Gasteiger partial charge on any atom is -0.356 e. The van der Waals surface area contributed by atoms with Crippen LogP contribution in [0.2, 0.25) is 0 Å². The number of thiocarbonyl (C=S) groups is 1. The molecule has 0 aliphatic rings. The lowest BCUT2D eigenvalue weighted by Gasteiger charge is -2.17. The Kier molecular flexibility index (Phi) is 5.03. The van der Waals surface area contributed by atoms with Gasteiger partial charge in [0.2, 0.25) is 0 Å². The molecule has 0 saturated carbocycles. The molecule has 0 fully saturated rings. The first kappa shape index (κ1) is 14.9. The second-order valence-electron chi connectivity index (χ2n) is 4.23. The molecule has 2 aromatic rings. The van der Waals surface area contributed by atoms with Crippen molar-refractivity contribution < 1.29 is 4.39 Å². The van der Waals surface area contributed by atoms with Gasteiger partial charge in [0.1, 0.15) is 11.6 Å². The van der Waals surface area contributed by atoms with E-state index in [1.807, 2.05) is 19.1 Å². The second-order valence-corrected chi connectivity index (χ2v) is 5.56. The number of hydrogen-bond donors (Lipinski definition) is 2. The van der Waals surface area contributed by atoms with E-state index < -0.39 is 0 Å². The lowest BCUT2D eigenvalue weighted by atomic mass is 10.1. The van der Waals surface area contributed by atoms with E-state index in [9.17, 15) is 4.39 Å². The van der Waals surface area contributed by atoms with Crippen LogP contribution in [0.4, 0.5) is 10.2 Å². The first-order valence-electron chi connectivity index (χ1n) is 5.99. The number of hydrogen-bond acceptors (Lipinski definition) is 2. The van der Waals surface area contributed by atoms with Gasteiger partial charge < -0.3 is 10.6 Å². The molecule has 0 aliphatic carbocycles. The van der Waals surface area contributed by atoms with Crippen molar-refractivity contribution in [2.24, 2.45) is 0 Å². The first-order valence-corrected chi connectivity index (χ1v) is 7.19. The Hall–Kier alpha value is -1.53. The van der Waals surface area contributed by atoms with Gasteiger partial charge in [-0.25, -0.2) is 9.37 Å². The predicted molar refractivity (Wildman–Crippen MR) is 86.1 cm³/mol. The average Bonchev–Trinajstić information content (AvgIpc) is 2.42. The molecule has 2 rings (SSSR count). The molecule has 0 aliphatic heterocycles. The van der Waals surface area contributed by atoms with E-state index in [4.69, 9.17) is 12.2 Å². The summed E-state index contributed by atoms with van der Waals surface area (Å²) in [7, 11) is 0. The third kappa shape index (κ3) is 4.25. The molecule has 20 heavy (non-hydrogen) atoms. The zero-order chi connectivity index (χ0) is 14.5. The molecule has 0 radical (unpaired) electrons. The zero-order valence-electron chi connectivity index (χ0n) is 10.7. The molecule has 1 heterocycles. The largest absolute Gasteiger partial charge is 0.356 e. The highest BCUT2D eigenvalue weighted by Gasteiger charge is 2.07.